The van der Waals surface area contributed by atoms with Crippen LogP contribution in [0.3, 0.4) is 0 Å². The second-order valence-electron chi connectivity index (χ2n) is 6.24. The fraction of sp³-hybridized carbons (Fsp3) is 0.733. The van der Waals surface area contributed by atoms with Crippen molar-refractivity contribution in [2.45, 2.75) is 64.3 Å². The van der Waals surface area contributed by atoms with Crippen LogP contribution in [0.5, 0.6) is 0 Å². The molecule has 0 heterocycles. The van der Waals surface area contributed by atoms with Gasteiger partial charge in [0.05, 0.1) is 5.60 Å². The van der Waals surface area contributed by atoms with E-state index in [-0.39, 0.29) is 5.60 Å². The molecule has 1 nitrogen and oxygen atoms in total. The number of terminal acetylenes is 1. The number of hydrogen-bond donors (Lipinski definition) is 0. The molecule has 2 unspecified atom stereocenters. The Labute approximate surface area is 108 Å². The van der Waals surface area contributed by atoms with E-state index in [2.05, 4.69) is 39.1 Å². The molecule has 2 atom stereocenters. The van der Waals surface area contributed by atoms with Crippen LogP contribution in [0.2, 0.25) is 19.6 Å². The van der Waals surface area contributed by atoms with Crippen LogP contribution in [0.4, 0.5) is 0 Å². The molecular formula is C15H26OSi. The van der Waals surface area contributed by atoms with Gasteiger partial charge in [0, 0.05) is 12.3 Å². The summed E-state index contributed by atoms with van der Waals surface area (Å²) in [5.74, 6) is 3.29. The zero-order valence-electron chi connectivity index (χ0n) is 11.8. The molecule has 1 aliphatic carbocycles. The summed E-state index contributed by atoms with van der Waals surface area (Å²) >= 11 is 0. The molecule has 1 fully saturated rings. The van der Waals surface area contributed by atoms with Crippen molar-refractivity contribution in [1.82, 2.24) is 0 Å². The Kier molecular flexibility index (Phi) is 4.63. The van der Waals surface area contributed by atoms with Crippen LogP contribution in [-0.2, 0) is 4.43 Å². The Morgan fingerprint density at radius 1 is 1.47 bits per heavy atom. The summed E-state index contributed by atoms with van der Waals surface area (Å²) in [4.78, 5) is 0. The lowest BCUT2D eigenvalue weighted by molar-refractivity contribution is 0.00428. The summed E-state index contributed by atoms with van der Waals surface area (Å²) in [6.45, 7) is 13.1. The Bertz CT molecular complexity index is 321. The third-order valence-corrected chi connectivity index (χ3v) is 4.56. The average Bonchev–Trinajstić information content (AvgIpc) is 2.19. The maximum atomic E-state index is 6.54. The fourth-order valence-electron chi connectivity index (χ4n) is 2.95. The molecule has 0 saturated heterocycles. The minimum atomic E-state index is -1.58. The molecule has 0 aromatic rings. The van der Waals surface area contributed by atoms with Gasteiger partial charge < -0.3 is 4.43 Å². The van der Waals surface area contributed by atoms with Gasteiger partial charge in [0.15, 0.2) is 8.32 Å². The second-order valence-corrected chi connectivity index (χ2v) is 10.7. The predicted octanol–water partition coefficient (Wildman–Crippen LogP) is 4.37. The van der Waals surface area contributed by atoms with E-state index in [1.54, 1.807) is 0 Å². The largest absolute Gasteiger partial charge is 0.408 e. The predicted molar refractivity (Wildman–Crippen MR) is 77.4 cm³/mol. The Morgan fingerprint density at radius 3 is 2.59 bits per heavy atom. The number of rotatable bonds is 4. The van der Waals surface area contributed by atoms with E-state index in [9.17, 15) is 0 Å². The smallest absolute Gasteiger partial charge is 0.184 e. The van der Waals surface area contributed by atoms with Crippen LogP contribution < -0.4 is 0 Å². The molecule has 1 saturated carbocycles. The van der Waals surface area contributed by atoms with Crippen molar-refractivity contribution in [1.29, 1.82) is 0 Å². The molecule has 0 N–H and O–H groups in total. The van der Waals surface area contributed by atoms with E-state index in [4.69, 9.17) is 10.8 Å². The molecule has 0 aliphatic heterocycles. The molecule has 0 aromatic carbocycles. The first-order valence-corrected chi connectivity index (χ1v) is 10.0. The first-order valence-electron chi connectivity index (χ1n) is 6.61. The average molecular weight is 250 g/mol. The molecular weight excluding hydrogens is 224 g/mol. The fourth-order valence-corrected chi connectivity index (χ4v) is 4.49. The minimum absolute atomic E-state index is 0.144. The molecule has 0 bridgehead atoms. The van der Waals surface area contributed by atoms with Crippen LogP contribution in [0.15, 0.2) is 12.2 Å². The summed E-state index contributed by atoms with van der Waals surface area (Å²) < 4.78 is 6.54. The van der Waals surface area contributed by atoms with Crippen molar-refractivity contribution in [3.05, 3.63) is 12.2 Å². The highest BCUT2D eigenvalue weighted by atomic mass is 28.4. The Morgan fingerprint density at radius 2 is 2.12 bits per heavy atom. The molecule has 2 heteroatoms. The summed E-state index contributed by atoms with van der Waals surface area (Å²) in [7, 11) is -1.58. The zero-order chi connectivity index (χ0) is 13.1. The van der Waals surface area contributed by atoms with Crippen LogP contribution in [0.1, 0.15) is 39.0 Å². The van der Waals surface area contributed by atoms with Crippen LogP contribution in [0, 0.1) is 18.3 Å². The first kappa shape index (κ1) is 14.5. The molecule has 96 valence electrons. The monoisotopic (exact) mass is 250 g/mol. The van der Waals surface area contributed by atoms with E-state index >= 15 is 0 Å². The molecule has 0 amide bonds. The van der Waals surface area contributed by atoms with Gasteiger partial charge in [0.2, 0.25) is 0 Å². The third-order valence-electron chi connectivity index (χ3n) is 3.59. The Hall–Kier alpha value is -0.523. The maximum Gasteiger partial charge on any atom is 0.184 e. The first-order chi connectivity index (χ1) is 7.82. The van der Waals surface area contributed by atoms with E-state index < -0.39 is 8.32 Å². The van der Waals surface area contributed by atoms with E-state index in [1.807, 2.05) is 0 Å². The van der Waals surface area contributed by atoms with Gasteiger partial charge in [-0.2, -0.15) is 0 Å². The topological polar surface area (TPSA) is 9.23 Å². The zero-order valence-corrected chi connectivity index (χ0v) is 12.8. The van der Waals surface area contributed by atoms with Gasteiger partial charge in [-0.15, -0.1) is 12.3 Å². The second kappa shape index (κ2) is 5.41. The van der Waals surface area contributed by atoms with Gasteiger partial charge in [-0.3, -0.25) is 0 Å². The van der Waals surface area contributed by atoms with Gasteiger partial charge >= 0.3 is 0 Å². The summed E-state index contributed by atoms with van der Waals surface area (Å²) in [5.41, 5.74) is 1.02. The normalized spacial score (nSPS) is 29.7. The van der Waals surface area contributed by atoms with Crippen LogP contribution in [0.25, 0.3) is 0 Å². The summed E-state index contributed by atoms with van der Waals surface area (Å²) in [5, 5.41) is 0. The molecule has 0 spiro atoms. The van der Waals surface area contributed by atoms with E-state index in [1.165, 1.54) is 24.8 Å². The standard InChI is InChI=1S/C15H26OSi/c1-7-10-14-11-8-9-12-15(14,13(2)3)16-17(4,5)6/h1,14H,2,8-12H2,3-6H3. The SMILES string of the molecule is C#CCC1CCCCC1(O[Si](C)(C)C)C(=C)C. The highest BCUT2D eigenvalue weighted by Crippen LogP contribution is 2.44. The number of hydrogen-bond acceptors (Lipinski definition) is 1. The third kappa shape index (κ3) is 3.47. The highest BCUT2D eigenvalue weighted by Gasteiger charge is 2.44. The van der Waals surface area contributed by atoms with E-state index in [0.717, 1.165) is 12.8 Å². The van der Waals surface area contributed by atoms with Gasteiger partial charge in [0.25, 0.3) is 0 Å². The van der Waals surface area contributed by atoms with Gasteiger partial charge in [-0.1, -0.05) is 19.4 Å². The lowest BCUT2D eigenvalue weighted by Gasteiger charge is -2.48. The van der Waals surface area contributed by atoms with Crippen molar-refractivity contribution in [3.8, 4) is 12.3 Å². The Balaban J connectivity index is 3.01. The van der Waals surface area contributed by atoms with Crippen LogP contribution in [-0.4, -0.2) is 13.9 Å². The van der Waals surface area contributed by atoms with Crippen molar-refractivity contribution >= 4 is 8.32 Å². The molecule has 1 rings (SSSR count). The molecule has 17 heavy (non-hydrogen) atoms. The lowest BCUT2D eigenvalue weighted by Crippen LogP contribution is -2.50. The van der Waals surface area contributed by atoms with Crippen LogP contribution >= 0.6 is 0 Å². The molecule has 0 radical (unpaired) electrons. The van der Waals surface area contributed by atoms with Crippen molar-refractivity contribution in [3.63, 3.8) is 0 Å². The van der Waals surface area contributed by atoms with Crippen molar-refractivity contribution in [2.24, 2.45) is 5.92 Å². The highest BCUT2D eigenvalue weighted by molar-refractivity contribution is 6.69. The quantitative estimate of drug-likeness (QED) is 0.409. The van der Waals surface area contributed by atoms with Crippen molar-refractivity contribution in [2.75, 3.05) is 0 Å². The van der Waals surface area contributed by atoms with Gasteiger partial charge in [0.1, 0.15) is 0 Å². The van der Waals surface area contributed by atoms with Gasteiger partial charge in [-0.25, -0.2) is 0 Å². The summed E-state index contributed by atoms with van der Waals surface area (Å²) in [6.07, 6.45) is 11.1. The molecule has 1 aliphatic rings. The van der Waals surface area contributed by atoms with Crippen molar-refractivity contribution < 1.29 is 4.43 Å². The summed E-state index contributed by atoms with van der Waals surface area (Å²) in [6, 6.07) is 0. The lowest BCUT2D eigenvalue weighted by atomic mass is 9.71. The van der Waals surface area contributed by atoms with Gasteiger partial charge in [-0.05, 0) is 45.0 Å². The molecule has 0 aromatic heterocycles. The minimum Gasteiger partial charge on any atom is -0.408 e. The van der Waals surface area contributed by atoms with E-state index in [0.29, 0.717) is 5.92 Å². The maximum absolute atomic E-state index is 6.54.